The molecule has 0 bridgehead atoms. The second-order valence-electron chi connectivity index (χ2n) is 5.66. The van der Waals surface area contributed by atoms with E-state index in [9.17, 15) is 4.79 Å². The lowest BCUT2D eigenvalue weighted by Crippen LogP contribution is -2.25. The standard InChI is InChI=1S/C16H22O3/c1-16(2,18-3)9-10-19-13-8-7-12-5-4-6-15(17)14(12)11-13/h7-8,11H,4-6,9-10H2,1-3H3. The lowest BCUT2D eigenvalue weighted by Gasteiger charge is -2.23. The Morgan fingerprint density at radius 2 is 2.05 bits per heavy atom. The molecule has 3 nitrogen and oxygen atoms in total. The number of hydrogen-bond acceptors (Lipinski definition) is 3. The van der Waals surface area contributed by atoms with Crippen LogP contribution in [0.1, 0.15) is 49.0 Å². The molecule has 1 aromatic carbocycles. The molecule has 0 aromatic heterocycles. The van der Waals surface area contributed by atoms with Gasteiger partial charge in [-0.25, -0.2) is 0 Å². The zero-order valence-corrected chi connectivity index (χ0v) is 12.0. The quantitative estimate of drug-likeness (QED) is 0.816. The largest absolute Gasteiger partial charge is 0.493 e. The Hall–Kier alpha value is -1.35. The van der Waals surface area contributed by atoms with Crippen LogP contribution in [0.5, 0.6) is 5.75 Å². The summed E-state index contributed by atoms with van der Waals surface area (Å²) < 4.78 is 11.1. The van der Waals surface area contributed by atoms with Crippen LogP contribution >= 0.6 is 0 Å². The van der Waals surface area contributed by atoms with E-state index >= 15 is 0 Å². The average Bonchev–Trinajstić information content (AvgIpc) is 2.39. The first kappa shape index (κ1) is 14.1. The minimum Gasteiger partial charge on any atom is -0.493 e. The number of fused-ring (bicyclic) bond motifs is 1. The lowest BCUT2D eigenvalue weighted by atomic mass is 9.90. The van der Waals surface area contributed by atoms with E-state index in [0.29, 0.717) is 13.0 Å². The number of Topliss-reactive ketones (excluding diaryl/α,β-unsaturated/α-hetero) is 1. The third-order valence-corrected chi connectivity index (χ3v) is 3.76. The first-order valence-electron chi connectivity index (χ1n) is 6.86. The van der Waals surface area contributed by atoms with E-state index in [1.165, 1.54) is 0 Å². The number of aryl methyl sites for hydroxylation is 1. The summed E-state index contributed by atoms with van der Waals surface area (Å²) in [4.78, 5) is 11.8. The smallest absolute Gasteiger partial charge is 0.163 e. The van der Waals surface area contributed by atoms with Crippen molar-refractivity contribution in [3.05, 3.63) is 29.3 Å². The summed E-state index contributed by atoms with van der Waals surface area (Å²) >= 11 is 0. The SMILES string of the molecule is COC(C)(C)CCOc1ccc2c(c1)C(=O)CCC2. The first-order valence-corrected chi connectivity index (χ1v) is 6.86. The van der Waals surface area contributed by atoms with Crippen molar-refractivity contribution in [2.75, 3.05) is 13.7 Å². The summed E-state index contributed by atoms with van der Waals surface area (Å²) in [5.41, 5.74) is 1.82. The molecule has 0 fully saturated rings. The van der Waals surface area contributed by atoms with Crippen LogP contribution < -0.4 is 4.74 Å². The number of hydrogen-bond donors (Lipinski definition) is 0. The van der Waals surface area contributed by atoms with E-state index in [1.807, 2.05) is 32.0 Å². The van der Waals surface area contributed by atoms with Crippen molar-refractivity contribution in [2.24, 2.45) is 0 Å². The van der Waals surface area contributed by atoms with Gasteiger partial charge in [0.1, 0.15) is 5.75 Å². The Kier molecular flexibility index (Phi) is 4.25. The Balaban J connectivity index is 1.99. The number of ether oxygens (including phenoxy) is 2. The number of carbonyl (C=O) groups is 1. The average molecular weight is 262 g/mol. The highest BCUT2D eigenvalue weighted by Crippen LogP contribution is 2.25. The van der Waals surface area contributed by atoms with Gasteiger partial charge in [0.25, 0.3) is 0 Å². The van der Waals surface area contributed by atoms with E-state index in [-0.39, 0.29) is 11.4 Å². The van der Waals surface area contributed by atoms with Gasteiger partial charge >= 0.3 is 0 Å². The summed E-state index contributed by atoms with van der Waals surface area (Å²) in [6.45, 7) is 4.66. The van der Waals surface area contributed by atoms with E-state index in [2.05, 4.69) is 0 Å². The van der Waals surface area contributed by atoms with Gasteiger partial charge in [-0.05, 0) is 44.4 Å². The third kappa shape index (κ3) is 3.57. The number of rotatable bonds is 5. The topological polar surface area (TPSA) is 35.5 Å². The fourth-order valence-corrected chi connectivity index (χ4v) is 2.21. The molecule has 3 heteroatoms. The predicted octanol–water partition coefficient (Wildman–Crippen LogP) is 3.40. The minimum atomic E-state index is -0.177. The molecule has 0 heterocycles. The van der Waals surface area contributed by atoms with Gasteiger partial charge in [-0.3, -0.25) is 4.79 Å². The Morgan fingerprint density at radius 1 is 1.26 bits per heavy atom. The van der Waals surface area contributed by atoms with Crippen LogP contribution in [-0.4, -0.2) is 25.1 Å². The zero-order valence-electron chi connectivity index (χ0n) is 12.0. The predicted molar refractivity (Wildman–Crippen MR) is 74.9 cm³/mol. The van der Waals surface area contributed by atoms with Gasteiger partial charge in [-0.1, -0.05) is 6.07 Å². The van der Waals surface area contributed by atoms with Gasteiger partial charge in [0.15, 0.2) is 5.78 Å². The molecule has 0 saturated heterocycles. The molecule has 1 aliphatic rings. The molecule has 0 spiro atoms. The fourth-order valence-electron chi connectivity index (χ4n) is 2.21. The second-order valence-corrected chi connectivity index (χ2v) is 5.66. The Labute approximate surface area is 114 Å². The molecule has 0 aliphatic heterocycles. The minimum absolute atomic E-state index is 0.177. The van der Waals surface area contributed by atoms with Gasteiger partial charge in [0.2, 0.25) is 0 Å². The van der Waals surface area contributed by atoms with Gasteiger partial charge in [-0.2, -0.15) is 0 Å². The van der Waals surface area contributed by atoms with Crippen molar-refractivity contribution in [1.29, 1.82) is 0 Å². The molecule has 19 heavy (non-hydrogen) atoms. The van der Waals surface area contributed by atoms with Crippen LogP contribution in [0.25, 0.3) is 0 Å². The zero-order chi connectivity index (χ0) is 13.9. The molecule has 0 N–H and O–H groups in total. The maximum absolute atomic E-state index is 11.8. The Bertz CT molecular complexity index is 463. The van der Waals surface area contributed by atoms with E-state index in [4.69, 9.17) is 9.47 Å². The molecule has 0 unspecified atom stereocenters. The summed E-state index contributed by atoms with van der Waals surface area (Å²) in [7, 11) is 1.71. The van der Waals surface area contributed by atoms with Crippen molar-refractivity contribution < 1.29 is 14.3 Å². The van der Waals surface area contributed by atoms with E-state index in [1.54, 1.807) is 7.11 Å². The van der Waals surface area contributed by atoms with Gasteiger partial charge < -0.3 is 9.47 Å². The van der Waals surface area contributed by atoms with Crippen molar-refractivity contribution in [1.82, 2.24) is 0 Å². The summed E-state index contributed by atoms with van der Waals surface area (Å²) in [5, 5.41) is 0. The molecule has 0 saturated carbocycles. The molecule has 0 radical (unpaired) electrons. The highest BCUT2D eigenvalue weighted by Gasteiger charge is 2.19. The van der Waals surface area contributed by atoms with Crippen LogP contribution in [0.15, 0.2) is 18.2 Å². The number of ketones is 1. The van der Waals surface area contributed by atoms with Crippen molar-refractivity contribution in [2.45, 2.75) is 45.1 Å². The van der Waals surface area contributed by atoms with E-state index in [0.717, 1.165) is 36.1 Å². The molecule has 104 valence electrons. The molecule has 2 rings (SSSR count). The number of benzene rings is 1. The fraction of sp³-hybridized carbons (Fsp3) is 0.562. The van der Waals surface area contributed by atoms with Crippen LogP contribution in [0.2, 0.25) is 0 Å². The lowest BCUT2D eigenvalue weighted by molar-refractivity contribution is 0.00544. The van der Waals surface area contributed by atoms with Crippen molar-refractivity contribution >= 4 is 5.78 Å². The van der Waals surface area contributed by atoms with Gasteiger partial charge in [0.05, 0.1) is 12.2 Å². The van der Waals surface area contributed by atoms with Crippen LogP contribution in [-0.2, 0) is 11.2 Å². The highest BCUT2D eigenvalue weighted by molar-refractivity contribution is 5.98. The summed E-state index contributed by atoms with van der Waals surface area (Å²) in [6.07, 6.45) is 3.44. The number of carbonyl (C=O) groups excluding carboxylic acids is 1. The molecular formula is C16H22O3. The monoisotopic (exact) mass is 262 g/mol. The molecule has 1 aliphatic carbocycles. The van der Waals surface area contributed by atoms with Crippen molar-refractivity contribution in [3.8, 4) is 5.75 Å². The Morgan fingerprint density at radius 3 is 2.79 bits per heavy atom. The summed E-state index contributed by atoms with van der Waals surface area (Å²) in [6, 6.07) is 5.86. The normalized spacial score (nSPS) is 15.2. The molecule has 0 atom stereocenters. The highest BCUT2D eigenvalue weighted by atomic mass is 16.5. The third-order valence-electron chi connectivity index (χ3n) is 3.76. The molecule has 0 amide bonds. The maximum atomic E-state index is 11.8. The molecular weight excluding hydrogens is 240 g/mol. The van der Waals surface area contributed by atoms with Gasteiger partial charge in [0, 0.05) is 25.5 Å². The van der Waals surface area contributed by atoms with Crippen LogP contribution in [0, 0.1) is 0 Å². The first-order chi connectivity index (χ1) is 9.02. The summed E-state index contributed by atoms with van der Waals surface area (Å²) in [5.74, 6) is 1.02. The van der Waals surface area contributed by atoms with Crippen LogP contribution in [0.3, 0.4) is 0 Å². The second kappa shape index (κ2) is 5.74. The van der Waals surface area contributed by atoms with Crippen LogP contribution in [0.4, 0.5) is 0 Å². The van der Waals surface area contributed by atoms with E-state index < -0.39 is 0 Å². The maximum Gasteiger partial charge on any atom is 0.163 e. The van der Waals surface area contributed by atoms with Gasteiger partial charge in [-0.15, -0.1) is 0 Å². The van der Waals surface area contributed by atoms with Crippen molar-refractivity contribution in [3.63, 3.8) is 0 Å². The number of methoxy groups -OCH3 is 1. The molecule has 1 aromatic rings.